The molecule has 1 atom stereocenters. The molecule has 12 heavy (non-hydrogen) atoms. The van der Waals surface area contributed by atoms with E-state index in [2.05, 4.69) is 5.32 Å². The van der Waals surface area contributed by atoms with Gasteiger partial charge >= 0.3 is 5.97 Å². The normalized spacial score (nSPS) is 11.8. The highest BCUT2D eigenvalue weighted by atomic mass is 16.4. The van der Waals surface area contributed by atoms with Gasteiger partial charge in [0.1, 0.15) is 6.04 Å². The lowest BCUT2D eigenvalue weighted by atomic mass is 10.2. The zero-order chi connectivity index (χ0) is 8.69. The molecule has 0 amide bonds. The summed E-state index contributed by atoms with van der Waals surface area (Å²) in [5.74, 6) is -0.896. The van der Waals surface area contributed by atoms with E-state index in [-0.39, 0.29) is 20.5 Å². The summed E-state index contributed by atoms with van der Waals surface area (Å²) in [4.78, 5) is 10.4. The van der Waals surface area contributed by atoms with Crippen LogP contribution in [-0.4, -0.2) is 35.4 Å². The summed E-state index contributed by atoms with van der Waals surface area (Å²) < 4.78 is 0. The third-order valence-corrected chi connectivity index (χ3v) is 1.36. The highest BCUT2D eigenvalue weighted by molar-refractivity contribution is 5.73. The second-order valence-corrected chi connectivity index (χ2v) is 2.36. The van der Waals surface area contributed by atoms with Crippen LogP contribution in [0.15, 0.2) is 0 Å². The molecule has 0 aliphatic rings. The predicted octanol–water partition coefficient (Wildman–Crippen LogP) is 0.458. The number of aliphatic hydroxyl groups is 1. The predicted molar refractivity (Wildman–Crippen MR) is 48.2 cm³/mol. The Labute approximate surface area is 73.6 Å². The van der Waals surface area contributed by atoms with Crippen LogP contribution in [0.4, 0.5) is 0 Å². The van der Waals surface area contributed by atoms with Crippen molar-refractivity contribution in [2.45, 2.75) is 33.2 Å². The molecular weight excluding hydrogens is 158 g/mol. The van der Waals surface area contributed by atoms with Gasteiger partial charge in [0.25, 0.3) is 0 Å². The Hall–Kier alpha value is -0.610. The molecule has 0 saturated heterocycles. The van der Waals surface area contributed by atoms with Crippen LogP contribution in [-0.2, 0) is 4.79 Å². The van der Waals surface area contributed by atoms with Gasteiger partial charge in [-0.1, -0.05) is 14.4 Å². The molecule has 3 N–H and O–H groups in total. The Morgan fingerprint density at radius 3 is 2.50 bits per heavy atom. The molecule has 0 spiro atoms. The fourth-order valence-corrected chi connectivity index (χ4v) is 0.761. The second-order valence-electron chi connectivity index (χ2n) is 2.36. The third kappa shape index (κ3) is 6.12. The Kier molecular flexibility index (Phi) is 9.86. The van der Waals surface area contributed by atoms with E-state index in [0.29, 0.717) is 6.54 Å². The molecule has 74 valence electrons. The molecule has 0 aliphatic heterocycles. The maximum absolute atomic E-state index is 10.4. The molecule has 4 nitrogen and oxygen atoms in total. The summed E-state index contributed by atoms with van der Waals surface area (Å²) >= 11 is 0. The van der Waals surface area contributed by atoms with Crippen molar-refractivity contribution in [3.8, 4) is 0 Å². The van der Waals surface area contributed by atoms with E-state index in [1.165, 1.54) is 0 Å². The van der Waals surface area contributed by atoms with Crippen LogP contribution in [0.3, 0.4) is 0 Å². The van der Waals surface area contributed by atoms with Gasteiger partial charge in [-0.05, 0) is 19.4 Å². The first-order valence-corrected chi connectivity index (χ1v) is 3.79. The van der Waals surface area contributed by atoms with Gasteiger partial charge in [-0.25, -0.2) is 0 Å². The largest absolute Gasteiger partial charge is 0.480 e. The van der Waals surface area contributed by atoms with Crippen molar-refractivity contribution in [1.82, 2.24) is 5.32 Å². The van der Waals surface area contributed by atoms with Crippen LogP contribution >= 0.6 is 0 Å². The highest BCUT2D eigenvalue weighted by Gasteiger charge is 2.14. The van der Waals surface area contributed by atoms with E-state index in [4.69, 9.17) is 10.2 Å². The smallest absolute Gasteiger partial charge is 0.320 e. The molecular formula is C8H19NO3. The molecule has 0 aromatic heterocycles. The molecule has 0 rings (SSSR count). The molecule has 0 saturated carbocycles. The quantitative estimate of drug-likeness (QED) is 0.551. The van der Waals surface area contributed by atoms with Gasteiger partial charge < -0.3 is 15.5 Å². The monoisotopic (exact) mass is 177 g/mol. The number of aliphatic hydroxyl groups excluding tert-OH is 1. The minimum Gasteiger partial charge on any atom is -0.480 e. The van der Waals surface area contributed by atoms with Gasteiger partial charge in [0, 0.05) is 6.61 Å². The lowest BCUT2D eigenvalue weighted by Gasteiger charge is -2.11. The van der Waals surface area contributed by atoms with Gasteiger partial charge in [-0.2, -0.15) is 0 Å². The Morgan fingerprint density at radius 1 is 1.58 bits per heavy atom. The molecule has 0 aliphatic carbocycles. The molecule has 1 unspecified atom stereocenters. The summed E-state index contributed by atoms with van der Waals surface area (Å²) in [6.07, 6.45) is 1.17. The molecule has 0 radical (unpaired) electrons. The van der Waals surface area contributed by atoms with E-state index in [0.717, 1.165) is 6.42 Å². The summed E-state index contributed by atoms with van der Waals surface area (Å²) in [7, 11) is 0. The maximum Gasteiger partial charge on any atom is 0.320 e. The first kappa shape index (κ1) is 13.9. The molecule has 0 aromatic rings. The first-order valence-electron chi connectivity index (χ1n) is 3.79. The number of carbonyl (C=O) groups is 1. The zero-order valence-electron chi connectivity index (χ0n) is 6.71. The number of hydrogen-bond acceptors (Lipinski definition) is 3. The van der Waals surface area contributed by atoms with E-state index in [9.17, 15) is 4.79 Å². The minimum atomic E-state index is -0.896. The minimum absolute atomic E-state index is 0. The molecule has 0 aromatic carbocycles. The van der Waals surface area contributed by atoms with E-state index >= 15 is 0 Å². The number of carboxylic acid groups (broad SMARTS) is 1. The van der Waals surface area contributed by atoms with Gasteiger partial charge in [-0.15, -0.1) is 0 Å². The average Bonchev–Trinajstić information content (AvgIpc) is 1.97. The number of hydrogen-bond donors (Lipinski definition) is 3. The lowest BCUT2D eigenvalue weighted by molar-refractivity contribution is -0.139. The van der Waals surface area contributed by atoms with Crippen molar-refractivity contribution in [3.05, 3.63) is 0 Å². The second kappa shape index (κ2) is 8.49. The molecule has 0 fully saturated rings. The Bertz CT molecular complexity index is 117. The van der Waals surface area contributed by atoms with Crippen LogP contribution in [0.25, 0.3) is 0 Å². The maximum atomic E-state index is 10.4. The van der Waals surface area contributed by atoms with Crippen LogP contribution in [0.1, 0.15) is 27.2 Å². The van der Waals surface area contributed by atoms with Crippen molar-refractivity contribution in [2.24, 2.45) is 0 Å². The van der Waals surface area contributed by atoms with Gasteiger partial charge in [-0.3, -0.25) is 4.79 Å². The van der Waals surface area contributed by atoms with Crippen molar-refractivity contribution in [1.29, 1.82) is 0 Å². The van der Waals surface area contributed by atoms with E-state index in [1.807, 2.05) is 6.92 Å². The number of aliphatic carboxylic acids is 1. The molecule has 0 heterocycles. The van der Waals surface area contributed by atoms with Crippen molar-refractivity contribution in [3.63, 3.8) is 0 Å². The fraction of sp³-hybridized carbons (Fsp3) is 0.875. The lowest BCUT2D eigenvalue weighted by Crippen LogP contribution is -2.37. The summed E-state index contributed by atoms with van der Waals surface area (Å²) in [5, 5.41) is 19.8. The summed E-state index contributed by atoms with van der Waals surface area (Å²) in [6.45, 7) is 2.55. The van der Waals surface area contributed by atoms with E-state index < -0.39 is 12.0 Å². The van der Waals surface area contributed by atoms with Crippen LogP contribution in [0.5, 0.6) is 0 Å². The first-order chi connectivity index (χ1) is 5.22. The summed E-state index contributed by atoms with van der Waals surface area (Å²) in [6, 6.07) is -0.597. The number of nitrogens with one attached hydrogen (secondary N) is 1. The van der Waals surface area contributed by atoms with Gasteiger partial charge in [0.2, 0.25) is 0 Å². The van der Waals surface area contributed by atoms with Crippen LogP contribution < -0.4 is 5.32 Å². The topological polar surface area (TPSA) is 69.6 Å². The average molecular weight is 177 g/mol. The van der Waals surface area contributed by atoms with Gasteiger partial charge in [0.05, 0.1) is 0 Å². The zero-order valence-corrected chi connectivity index (χ0v) is 6.71. The van der Waals surface area contributed by atoms with Crippen molar-refractivity contribution >= 4 is 5.97 Å². The van der Waals surface area contributed by atoms with Gasteiger partial charge in [0.15, 0.2) is 0 Å². The Morgan fingerprint density at radius 2 is 2.17 bits per heavy atom. The fourth-order valence-electron chi connectivity index (χ4n) is 0.761. The standard InChI is InChI=1S/C7H15NO3.CH4/c1-2-4-8-6(3-5-9)7(10)11;/h6,8-9H,2-5H2,1H3,(H,10,11);1H4. The number of carboxylic acids is 1. The highest BCUT2D eigenvalue weighted by Crippen LogP contribution is 1.90. The SMILES string of the molecule is C.CCCNC(CCO)C(=O)O. The Balaban J connectivity index is 0. The van der Waals surface area contributed by atoms with Crippen LogP contribution in [0, 0.1) is 0 Å². The van der Waals surface area contributed by atoms with E-state index in [1.54, 1.807) is 0 Å². The molecule has 0 bridgehead atoms. The third-order valence-electron chi connectivity index (χ3n) is 1.36. The summed E-state index contributed by atoms with van der Waals surface area (Å²) in [5.41, 5.74) is 0. The van der Waals surface area contributed by atoms with Crippen LogP contribution in [0.2, 0.25) is 0 Å². The molecule has 4 heteroatoms. The number of rotatable bonds is 6. The van der Waals surface area contributed by atoms with Crippen molar-refractivity contribution < 1.29 is 15.0 Å². The van der Waals surface area contributed by atoms with Crippen molar-refractivity contribution in [2.75, 3.05) is 13.2 Å².